The third-order valence-electron chi connectivity index (χ3n) is 9.23. The van der Waals surface area contributed by atoms with Gasteiger partial charge in [0.25, 0.3) is 0 Å². The van der Waals surface area contributed by atoms with E-state index in [1.54, 1.807) is 24.3 Å². The molecule has 2 fully saturated rings. The van der Waals surface area contributed by atoms with Gasteiger partial charge in [-0.25, -0.2) is 9.78 Å². The van der Waals surface area contributed by atoms with Gasteiger partial charge in [0.05, 0.1) is 41.4 Å². The summed E-state index contributed by atoms with van der Waals surface area (Å²) in [5.41, 5.74) is 4.45. The average molecular weight is 606 g/mol. The summed E-state index contributed by atoms with van der Waals surface area (Å²) in [7, 11) is 0. The Hall–Kier alpha value is -3.89. The van der Waals surface area contributed by atoms with Gasteiger partial charge in [-0.1, -0.05) is 24.3 Å². The van der Waals surface area contributed by atoms with Crippen molar-refractivity contribution in [3.63, 3.8) is 0 Å². The fraction of sp³-hybridized carbons (Fsp3) is 0.412. The van der Waals surface area contributed by atoms with Crippen LogP contribution in [0.4, 0.5) is 13.2 Å². The number of ether oxygens (including phenoxy) is 2. The van der Waals surface area contributed by atoms with Crippen LogP contribution < -0.4 is 4.74 Å². The van der Waals surface area contributed by atoms with Gasteiger partial charge in [-0.05, 0) is 91.1 Å². The molecule has 3 aliphatic rings. The van der Waals surface area contributed by atoms with Crippen molar-refractivity contribution in [2.75, 3.05) is 13.2 Å². The van der Waals surface area contributed by atoms with Crippen molar-refractivity contribution >= 4 is 17.0 Å². The minimum absolute atomic E-state index is 0.0320. The van der Waals surface area contributed by atoms with E-state index in [2.05, 4.69) is 4.90 Å². The number of benzene rings is 3. The maximum absolute atomic E-state index is 14.2. The van der Waals surface area contributed by atoms with Crippen molar-refractivity contribution < 1.29 is 32.5 Å². The Morgan fingerprint density at radius 1 is 1.09 bits per heavy atom. The molecule has 1 N–H and O–H groups in total. The highest BCUT2D eigenvalue weighted by Crippen LogP contribution is 2.43. The molecule has 7 nitrogen and oxygen atoms in total. The lowest BCUT2D eigenvalue weighted by atomic mass is 9.91. The number of hydrogen-bond donors (Lipinski definition) is 1. The van der Waals surface area contributed by atoms with Crippen LogP contribution in [0.2, 0.25) is 0 Å². The molecule has 0 spiro atoms. The topological polar surface area (TPSA) is 76.8 Å². The second kappa shape index (κ2) is 11.2. The van der Waals surface area contributed by atoms with E-state index in [4.69, 9.17) is 14.5 Å². The molecule has 7 rings (SSSR count). The van der Waals surface area contributed by atoms with E-state index in [0.717, 1.165) is 28.9 Å². The zero-order valence-corrected chi connectivity index (χ0v) is 24.4. The van der Waals surface area contributed by atoms with Crippen LogP contribution in [0.15, 0.2) is 54.6 Å². The van der Waals surface area contributed by atoms with Crippen molar-refractivity contribution in [3.8, 4) is 5.75 Å². The molecule has 0 unspecified atom stereocenters. The Balaban J connectivity index is 1.16. The van der Waals surface area contributed by atoms with Crippen LogP contribution in [0.5, 0.6) is 5.75 Å². The zero-order valence-electron chi connectivity index (χ0n) is 24.4. The molecule has 4 aromatic rings. The van der Waals surface area contributed by atoms with E-state index in [0.29, 0.717) is 49.7 Å². The number of carboxylic acid groups (broad SMARTS) is 1. The number of carboxylic acids is 1. The summed E-state index contributed by atoms with van der Waals surface area (Å²) in [6, 6.07) is 15.5. The Morgan fingerprint density at radius 3 is 2.52 bits per heavy atom. The van der Waals surface area contributed by atoms with Gasteiger partial charge in [-0.3, -0.25) is 4.90 Å². The van der Waals surface area contributed by atoms with Gasteiger partial charge in [0.2, 0.25) is 0 Å². The molecular formula is C34H34F3N3O4. The van der Waals surface area contributed by atoms with Crippen molar-refractivity contribution in [2.24, 2.45) is 0 Å². The molecule has 230 valence electrons. The van der Waals surface area contributed by atoms with E-state index in [-0.39, 0.29) is 30.1 Å². The Bertz CT molecular complexity index is 1710. The SMILES string of the molecule is C[C@H]1c2cc(OCc3ccc(C4CC4)cc3)c(C(F)(F)F)cc2CCN1Cc1nc2ccc(C(=O)O)cc2n1C[C@@H]1CCO1. The molecule has 1 aliphatic carbocycles. The first-order chi connectivity index (χ1) is 21.1. The van der Waals surface area contributed by atoms with Crippen LogP contribution in [-0.2, 0) is 37.0 Å². The molecule has 10 heteroatoms. The quantitative estimate of drug-likeness (QED) is 0.219. The summed E-state index contributed by atoms with van der Waals surface area (Å²) in [5.74, 6) is 0.212. The van der Waals surface area contributed by atoms with Gasteiger partial charge < -0.3 is 19.1 Å². The predicted molar refractivity (Wildman–Crippen MR) is 158 cm³/mol. The Labute approximate surface area is 253 Å². The lowest BCUT2D eigenvalue weighted by Crippen LogP contribution is -2.36. The number of rotatable bonds is 9. The van der Waals surface area contributed by atoms with Gasteiger partial charge in [-0.2, -0.15) is 13.2 Å². The molecule has 0 radical (unpaired) electrons. The molecule has 2 atom stereocenters. The van der Waals surface area contributed by atoms with E-state index in [9.17, 15) is 23.1 Å². The van der Waals surface area contributed by atoms with Crippen LogP contribution in [0.1, 0.15) is 82.1 Å². The second-order valence-corrected chi connectivity index (χ2v) is 12.2. The number of carbonyl (C=O) groups is 1. The summed E-state index contributed by atoms with van der Waals surface area (Å²) in [6.07, 6.45) is -0.753. The highest BCUT2D eigenvalue weighted by molar-refractivity contribution is 5.92. The minimum atomic E-state index is -4.54. The summed E-state index contributed by atoms with van der Waals surface area (Å²) in [6.45, 7) is 4.31. The van der Waals surface area contributed by atoms with Gasteiger partial charge in [0.15, 0.2) is 0 Å². The van der Waals surface area contributed by atoms with E-state index >= 15 is 0 Å². The van der Waals surface area contributed by atoms with Crippen molar-refractivity contribution in [1.82, 2.24) is 14.5 Å². The van der Waals surface area contributed by atoms with Gasteiger partial charge in [0, 0.05) is 19.2 Å². The Kier molecular flexibility index (Phi) is 7.37. The monoisotopic (exact) mass is 605 g/mol. The fourth-order valence-corrected chi connectivity index (χ4v) is 6.36. The van der Waals surface area contributed by atoms with Crippen molar-refractivity contribution in [3.05, 3.63) is 93.8 Å². The highest BCUT2D eigenvalue weighted by atomic mass is 19.4. The molecule has 1 saturated carbocycles. The number of fused-ring (bicyclic) bond motifs is 2. The summed E-state index contributed by atoms with van der Waals surface area (Å²) >= 11 is 0. The van der Waals surface area contributed by atoms with Crippen LogP contribution in [0, 0.1) is 0 Å². The molecule has 0 bridgehead atoms. The number of imidazole rings is 1. The van der Waals surface area contributed by atoms with Gasteiger partial charge >= 0.3 is 12.1 Å². The van der Waals surface area contributed by atoms with Crippen molar-refractivity contribution in [1.29, 1.82) is 0 Å². The molecule has 1 saturated heterocycles. The third kappa shape index (κ3) is 5.68. The maximum atomic E-state index is 14.2. The first kappa shape index (κ1) is 28.9. The van der Waals surface area contributed by atoms with Crippen LogP contribution in [-0.4, -0.2) is 44.8 Å². The number of alkyl halides is 3. The van der Waals surface area contributed by atoms with E-state index in [1.807, 2.05) is 35.8 Å². The fourth-order valence-electron chi connectivity index (χ4n) is 6.36. The predicted octanol–water partition coefficient (Wildman–Crippen LogP) is 7.12. The number of hydrogen-bond acceptors (Lipinski definition) is 5. The lowest BCUT2D eigenvalue weighted by molar-refractivity contribution is -0.139. The van der Waals surface area contributed by atoms with Crippen LogP contribution in [0.3, 0.4) is 0 Å². The molecule has 3 heterocycles. The molecular weight excluding hydrogens is 571 g/mol. The first-order valence-corrected chi connectivity index (χ1v) is 15.2. The zero-order chi connectivity index (χ0) is 30.6. The standard InChI is InChI=1S/C34H34F3N3O4/c1-20-27-16-31(44-19-21-2-4-22(5-3-21)23-6-7-23)28(34(35,36)37)14-24(27)10-12-39(20)18-32-38-29-9-8-25(33(41)42)15-30(29)40(32)17-26-11-13-43-26/h2-5,8-9,14-16,20,23,26H,6-7,10-13,17-19H2,1H3,(H,41,42)/t20-,26-/m0/s1. The average Bonchev–Trinajstić information content (AvgIpc) is 3.77. The Morgan fingerprint density at radius 2 is 1.86 bits per heavy atom. The largest absolute Gasteiger partial charge is 0.488 e. The number of halogens is 3. The van der Waals surface area contributed by atoms with E-state index in [1.165, 1.54) is 24.5 Å². The number of nitrogens with zero attached hydrogens (tertiary/aromatic N) is 3. The lowest BCUT2D eigenvalue weighted by Gasteiger charge is -2.36. The molecule has 0 amide bonds. The maximum Gasteiger partial charge on any atom is 0.419 e. The smallest absolute Gasteiger partial charge is 0.419 e. The molecule has 2 aliphatic heterocycles. The summed E-state index contributed by atoms with van der Waals surface area (Å²) in [5, 5.41) is 9.55. The van der Waals surface area contributed by atoms with Crippen LogP contribution >= 0.6 is 0 Å². The van der Waals surface area contributed by atoms with Gasteiger partial charge in [0.1, 0.15) is 18.2 Å². The van der Waals surface area contributed by atoms with Crippen LogP contribution in [0.25, 0.3) is 11.0 Å². The normalized spacial score (nSPS) is 20.4. The first-order valence-electron chi connectivity index (χ1n) is 15.2. The molecule has 1 aromatic heterocycles. The highest BCUT2D eigenvalue weighted by Gasteiger charge is 2.37. The van der Waals surface area contributed by atoms with Crippen molar-refractivity contribution in [2.45, 2.75) is 76.5 Å². The van der Waals surface area contributed by atoms with E-state index < -0.39 is 17.7 Å². The third-order valence-corrected chi connectivity index (χ3v) is 9.23. The molecule has 3 aromatic carbocycles. The minimum Gasteiger partial charge on any atom is -0.488 e. The molecule has 44 heavy (non-hydrogen) atoms. The second-order valence-electron chi connectivity index (χ2n) is 12.2. The number of aromatic carboxylic acids is 1. The number of aromatic nitrogens is 2. The summed E-state index contributed by atoms with van der Waals surface area (Å²) in [4.78, 5) is 18.7. The van der Waals surface area contributed by atoms with Gasteiger partial charge in [-0.15, -0.1) is 0 Å². The summed E-state index contributed by atoms with van der Waals surface area (Å²) < 4.78 is 56.1.